The molecule has 0 amide bonds. The van der Waals surface area contributed by atoms with Crippen molar-refractivity contribution < 1.29 is 0 Å². The number of aryl methyl sites for hydroxylation is 1. The number of anilines is 2. The number of nitrogens with zero attached hydrogens (tertiary/aromatic N) is 3. The van der Waals surface area contributed by atoms with E-state index in [-0.39, 0.29) is 0 Å². The number of benzene rings is 2. The van der Waals surface area contributed by atoms with Gasteiger partial charge in [0.25, 0.3) is 0 Å². The molecule has 0 radical (unpaired) electrons. The molecular weight excluding hydrogens is 332 g/mol. The molecule has 5 rings (SSSR count). The van der Waals surface area contributed by atoms with Crippen LogP contribution in [0.4, 0.5) is 11.5 Å². The van der Waals surface area contributed by atoms with Crippen LogP contribution in [0, 0.1) is 5.92 Å². The minimum atomic E-state index is 0.589. The third-order valence-electron chi connectivity index (χ3n) is 5.81. The zero-order valence-electron chi connectivity index (χ0n) is 15.8. The first-order chi connectivity index (χ1) is 13.1. The maximum Gasteiger partial charge on any atom is 0.132 e. The number of nitrogen functional groups attached to an aromatic ring is 1. The van der Waals surface area contributed by atoms with Gasteiger partial charge >= 0.3 is 0 Å². The van der Waals surface area contributed by atoms with Gasteiger partial charge in [-0.2, -0.15) is 0 Å². The number of rotatable bonds is 2. The Morgan fingerprint density at radius 2 is 1.93 bits per heavy atom. The molecule has 1 saturated heterocycles. The molecule has 136 valence electrons. The van der Waals surface area contributed by atoms with Gasteiger partial charge in [0.2, 0.25) is 0 Å². The summed E-state index contributed by atoms with van der Waals surface area (Å²) in [6.45, 7) is 4.55. The molecule has 2 aromatic carbocycles. The van der Waals surface area contributed by atoms with E-state index in [2.05, 4.69) is 78.2 Å². The molecule has 27 heavy (non-hydrogen) atoms. The van der Waals surface area contributed by atoms with Crippen LogP contribution in [0.25, 0.3) is 32.9 Å². The molecule has 1 aliphatic rings. The molecule has 4 nitrogen and oxygen atoms in total. The first-order valence-electron chi connectivity index (χ1n) is 9.60. The lowest BCUT2D eigenvalue weighted by Crippen LogP contribution is -2.18. The maximum absolute atomic E-state index is 6.41. The first-order valence-corrected chi connectivity index (χ1v) is 9.60. The van der Waals surface area contributed by atoms with Crippen molar-refractivity contribution in [3.63, 3.8) is 0 Å². The minimum Gasteiger partial charge on any atom is -0.383 e. The fourth-order valence-electron chi connectivity index (χ4n) is 4.31. The first kappa shape index (κ1) is 16.2. The number of pyridine rings is 1. The van der Waals surface area contributed by atoms with E-state index in [1.54, 1.807) is 0 Å². The largest absolute Gasteiger partial charge is 0.383 e. The molecule has 2 N–H and O–H groups in total. The van der Waals surface area contributed by atoms with E-state index in [0.717, 1.165) is 41.0 Å². The predicted molar refractivity (Wildman–Crippen MR) is 114 cm³/mol. The summed E-state index contributed by atoms with van der Waals surface area (Å²) >= 11 is 0. The summed E-state index contributed by atoms with van der Waals surface area (Å²) in [5.74, 6) is 1.35. The van der Waals surface area contributed by atoms with Gasteiger partial charge in [-0.3, -0.25) is 0 Å². The quantitative estimate of drug-likeness (QED) is 0.560. The van der Waals surface area contributed by atoms with E-state index in [4.69, 9.17) is 10.7 Å². The fourth-order valence-corrected chi connectivity index (χ4v) is 4.31. The van der Waals surface area contributed by atoms with E-state index in [1.807, 2.05) is 0 Å². The van der Waals surface area contributed by atoms with Gasteiger partial charge in [-0.05, 0) is 36.6 Å². The Bertz CT molecular complexity index is 1160. The summed E-state index contributed by atoms with van der Waals surface area (Å²) in [6.07, 6.45) is 3.40. The Hall–Kier alpha value is -3.01. The minimum absolute atomic E-state index is 0.589. The summed E-state index contributed by atoms with van der Waals surface area (Å²) in [6, 6.07) is 17.2. The second-order valence-corrected chi connectivity index (χ2v) is 7.81. The molecule has 3 heterocycles. The van der Waals surface area contributed by atoms with Crippen molar-refractivity contribution in [2.45, 2.75) is 13.3 Å². The van der Waals surface area contributed by atoms with Crippen LogP contribution in [0.2, 0.25) is 0 Å². The second-order valence-electron chi connectivity index (χ2n) is 7.81. The van der Waals surface area contributed by atoms with E-state index >= 15 is 0 Å². The summed E-state index contributed by atoms with van der Waals surface area (Å²) in [4.78, 5) is 7.21. The standard InChI is InChI=1S/C23H24N4/c1-15-9-10-27(13-15)17-8-7-16-11-19(23(24)25-21(16)12-17)20-14-26(2)22-6-4-3-5-18(20)22/h3-8,11-12,14-15H,9-10,13H2,1-2H3,(H2,24,25). The third kappa shape index (κ3) is 2.64. The van der Waals surface area contributed by atoms with Crippen LogP contribution in [0.5, 0.6) is 0 Å². The van der Waals surface area contributed by atoms with Crippen molar-refractivity contribution in [3.05, 3.63) is 54.7 Å². The lowest BCUT2D eigenvalue weighted by Gasteiger charge is -2.18. The highest BCUT2D eigenvalue weighted by molar-refractivity contribution is 6.01. The molecule has 1 fully saturated rings. The van der Waals surface area contributed by atoms with Crippen molar-refractivity contribution in [2.75, 3.05) is 23.7 Å². The molecule has 0 aliphatic carbocycles. The maximum atomic E-state index is 6.41. The van der Waals surface area contributed by atoms with Gasteiger partial charge in [0.1, 0.15) is 5.82 Å². The van der Waals surface area contributed by atoms with Crippen LogP contribution in [0.15, 0.2) is 54.7 Å². The molecule has 0 saturated carbocycles. The molecular formula is C23H24N4. The molecule has 0 bridgehead atoms. The van der Waals surface area contributed by atoms with Gasteiger partial charge in [-0.25, -0.2) is 4.98 Å². The second kappa shape index (κ2) is 6.02. The van der Waals surface area contributed by atoms with Crippen molar-refractivity contribution in [2.24, 2.45) is 13.0 Å². The molecule has 0 spiro atoms. The highest BCUT2D eigenvalue weighted by Crippen LogP contribution is 2.35. The zero-order chi connectivity index (χ0) is 18.5. The van der Waals surface area contributed by atoms with Crippen LogP contribution >= 0.6 is 0 Å². The lowest BCUT2D eigenvalue weighted by atomic mass is 10.0. The molecule has 1 atom stereocenters. The molecule has 1 aliphatic heterocycles. The van der Waals surface area contributed by atoms with Crippen molar-refractivity contribution >= 4 is 33.3 Å². The Morgan fingerprint density at radius 1 is 1.07 bits per heavy atom. The highest BCUT2D eigenvalue weighted by Gasteiger charge is 2.19. The number of nitrogens with two attached hydrogens (primary N) is 1. The average Bonchev–Trinajstić information content (AvgIpc) is 3.25. The lowest BCUT2D eigenvalue weighted by molar-refractivity contribution is 0.659. The van der Waals surface area contributed by atoms with Gasteiger partial charge < -0.3 is 15.2 Å². The molecule has 4 aromatic rings. The number of hydrogen-bond donors (Lipinski definition) is 1. The Labute approximate surface area is 159 Å². The summed E-state index contributed by atoms with van der Waals surface area (Å²) in [5, 5.41) is 2.33. The number of aromatic nitrogens is 2. The number of para-hydroxylation sites is 1. The van der Waals surface area contributed by atoms with Crippen molar-refractivity contribution in [3.8, 4) is 11.1 Å². The molecule has 1 unspecified atom stereocenters. The molecule has 4 heteroatoms. The van der Waals surface area contributed by atoms with Gasteiger partial charge in [0.05, 0.1) is 5.52 Å². The summed E-state index contributed by atoms with van der Waals surface area (Å²) in [5.41, 5.74) is 12.0. The van der Waals surface area contributed by atoms with Gasteiger partial charge in [-0.1, -0.05) is 31.2 Å². The monoisotopic (exact) mass is 356 g/mol. The van der Waals surface area contributed by atoms with Crippen LogP contribution in [0.1, 0.15) is 13.3 Å². The summed E-state index contributed by atoms with van der Waals surface area (Å²) in [7, 11) is 2.07. The molecule has 2 aromatic heterocycles. The smallest absolute Gasteiger partial charge is 0.132 e. The van der Waals surface area contributed by atoms with Gasteiger partial charge in [-0.15, -0.1) is 0 Å². The summed E-state index contributed by atoms with van der Waals surface area (Å²) < 4.78 is 2.14. The number of fused-ring (bicyclic) bond motifs is 2. The average molecular weight is 356 g/mol. The highest BCUT2D eigenvalue weighted by atomic mass is 15.1. The van der Waals surface area contributed by atoms with Crippen LogP contribution in [0.3, 0.4) is 0 Å². The number of hydrogen-bond acceptors (Lipinski definition) is 3. The fraction of sp³-hybridized carbons (Fsp3) is 0.261. The Kier molecular flexibility index (Phi) is 3.61. The Morgan fingerprint density at radius 3 is 2.74 bits per heavy atom. The third-order valence-corrected chi connectivity index (χ3v) is 5.81. The van der Waals surface area contributed by atoms with Crippen LogP contribution in [-0.2, 0) is 7.05 Å². The predicted octanol–water partition coefficient (Wildman–Crippen LogP) is 4.82. The van der Waals surface area contributed by atoms with Crippen LogP contribution < -0.4 is 10.6 Å². The van der Waals surface area contributed by atoms with Gasteiger partial charge in [0.15, 0.2) is 0 Å². The van der Waals surface area contributed by atoms with Gasteiger partial charge in [0, 0.05) is 59.4 Å². The van der Waals surface area contributed by atoms with Crippen molar-refractivity contribution in [1.82, 2.24) is 9.55 Å². The van der Waals surface area contributed by atoms with E-state index in [0.29, 0.717) is 5.82 Å². The Balaban J connectivity index is 1.63. The zero-order valence-corrected chi connectivity index (χ0v) is 15.8. The normalized spacial score (nSPS) is 17.3. The topological polar surface area (TPSA) is 47.1 Å². The SMILES string of the molecule is CC1CCN(c2ccc3cc(-c4cn(C)c5ccccc45)c(N)nc3c2)C1. The van der Waals surface area contributed by atoms with Crippen molar-refractivity contribution in [1.29, 1.82) is 0 Å². The van der Waals surface area contributed by atoms with E-state index in [9.17, 15) is 0 Å². The van der Waals surface area contributed by atoms with E-state index in [1.165, 1.54) is 23.0 Å². The van der Waals surface area contributed by atoms with E-state index < -0.39 is 0 Å². The van der Waals surface area contributed by atoms with Crippen LogP contribution in [-0.4, -0.2) is 22.6 Å².